The summed E-state index contributed by atoms with van der Waals surface area (Å²) < 4.78 is 6.95. The predicted octanol–water partition coefficient (Wildman–Crippen LogP) is 2.95. The number of H-pyrrole nitrogens is 1. The summed E-state index contributed by atoms with van der Waals surface area (Å²) in [6, 6.07) is 15.4. The van der Waals surface area contributed by atoms with E-state index < -0.39 is 0 Å². The Balaban J connectivity index is 1.46. The smallest absolute Gasteiger partial charge is 0.326 e. The fraction of sp³-hybridized carbons (Fsp3) is 0.333. The maximum atomic E-state index is 12.8. The van der Waals surface area contributed by atoms with Gasteiger partial charge in [-0.05, 0) is 42.7 Å². The molecule has 2 heterocycles. The average Bonchev–Trinajstić information content (AvgIpc) is 3.04. The number of ether oxygens (including phenoxy) is 1. The van der Waals surface area contributed by atoms with Crippen molar-refractivity contribution < 1.29 is 9.53 Å². The van der Waals surface area contributed by atoms with Gasteiger partial charge in [0.25, 0.3) is 5.91 Å². The van der Waals surface area contributed by atoms with Crippen molar-refractivity contribution in [2.24, 2.45) is 0 Å². The van der Waals surface area contributed by atoms with E-state index in [1.165, 1.54) is 0 Å². The fourth-order valence-corrected chi connectivity index (χ4v) is 3.86. The second-order valence-electron chi connectivity index (χ2n) is 6.97. The van der Waals surface area contributed by atoms with Crippen LogP contribution >= 0.6 is 0 Å². The first kappa shape index (κ1) is 17.5. The summed E-state index contributed by atoms with van der Waals surface area (Å²) in [5.41, 5.74) is 3.46. The molecule has 1 aliphatic heterocycles. The van der Waals surface area contributed by atoms with Crippen molar-refractivity contribution in [1.82, 2.24) is 14.5 Å². The maximum absolute atomic E-state index is 12.8. The van der Waals surface area contributed by atoms with Crippen LogP contribution in [0.4, 0.5) is 0 Å². The number of benzene rings is 2. The Kier molecular flexibility index (Phi) is 4.81. The molecule has 1 N–H and O–H groups in total. The van der Waals surface area contributed by atoms with Gasteiger partial charge < -0.3 is 14.6 Å². The van der Waals surface area contributed by atoms with Crippen LogP contribution in [0.5, 0.6) is 0 Å². The first-order valence-electron chi connectivity index (χ1n) is 9.24. The van der Waals surface area contributed by atoms with Crippen molar-refractivity contribution in [3.63, 3.8) is 0 Å². The molecule has 0 radical (unpaired) electrons. The van der Waals surface area contributed by atoms with E-state index in [0.29, 0.717) is 25.3 Å². The Morgan fingerprint density at radius 2 is 1.81 bits per heavy atom. The molecule has 27 heavy (non-hydrogen) atoms. The molecule has 0 atom stereocenters. The number of piperidine rings is 1. The number of methoxy groups -OCH3 is 1. The van der Waals surface area contributed by atoms with E-state index in [9.17, 15) is 9.59 Å². The van der Waals surface area contributed by atoms with Gasteiger partial charge in [0.1, 0.15) is 0 Å². The molecule has 6 nitrogen and oxygen atoms in total. The van der Waals surface area contributed by atoms with Gasteiger partial charge in [-0.15, -0.1) is 0 Å². The Morgan fingerprint density at radius 3 is 2.52 bits per heavy atom. The van der Waals surface area contributed by atoms with Gasteiger partial charge in [-0.2, -0.15) is 0 Å². The molecular weight excluding hydrogens is 342 g/mol. The minimum Gasteiger partial charge on any atom is -0.380 e. The highest BCUT2D eigenvalue weighted by molar-refractivity contribution is 5.94. The molecule has 1 amide bonds. The molecular formula is C21H23N3O3. The fourth-order valence-electron chi connectivity index (χ4n) is 3.86. The van der Waals surface area contributed by atoms with Gasteiger partial charge in [-0.3, -0.25) is 9.36 Å². The van der Waals surface area contributed by atoms with Crippen molar-refractivity contribution in [2.45, 2.75) is 25.5 Å². The zero-order valence-corrected chi connectivity index (χ0v) is 15.4. The quantitative estimate of drug-likeness (QED) is 0.773. The van der Waals surface area contributed by atoms with Crippen LogP contribution in [-0.2, 0) is 11.3 Å². The van der Waals surface area contributed by atoms with E-state index >= 15 is 0 Å². The molecule has 1 fully saturated rings. The number of aromatic nitrogens is 2. The third kappa shape index (κ3) is 3.40. The van der Waals surface area contributed by atoms with E-state index in [1.807, 2.05) is 58.0 Å². The van der Waals surface area contributed by atoms with E-state index in [0.717, 1.165) is 29.4 Å². The van der Waals surface area contributed by atoms with Crippen LogP contribution in [0.1, 0.15) is 34.8 Å². The highest BCUT2D eigenvalue weighted by atomic mass is 16.5. The highest BCUT2D eigenvalue weighted by Crippen LogP contribution is 2.25. The van der Waals surface area contributed by atoms with Gasteiger partial charge in [0.2, 0.25) is 0 Å². The zero-order valence-electron chi connectivity index (χ0n) is 15.4. The normalized spacial score (nSPS) is 15.4. The summed E-state index contributed by atoms with van der Waals surface area (Å²) in [6.07, 6.45) is 1.55. The number of nitrogens with zero attached hydrogens (tertiary/aromatic N) is 2. The van der Waals surface area contributed by atoms with Gasteiger partial charge in [0.05, 0.1) is 17.6 Å². The lowest BCUT2D eigenvalue weighted by Crippen LogP contribution is -2.40. The van der Waals surface area contributed by atoms with Crippen molar-refractivity contribution in [2.75, 3.05) is 20.2 Å². The molecule has 0 saturated carbocycles. The molecule has 3 aromatic rings. The van der Waals surface area contributed by atoms with Crippen molar-refractivity contribution >= 4 is 16.9 Å². The van der Waals surface area contributed by atoms with Gasteiger partial charge >= 0.3 is 5.69 Å². The molecule has 0 unspecified atom stereocenters. The Morgan fingerprint density at radius 1 is 1.11 bits per heavy atom. The average molecular weight is 365 g/mol. The number of amides is 1. The number of hydrogen-bond acceptors (Lipinski definition) is 3. The minimum atomic E-state index is -0.0743. The number of aromatic amines is 1. The molecule has 4 rings (SSSR count). The number of para-hydroxylation sites is 2. The number of nitrogens with one attached hydrogen (secondary N) is 1. The molecule has 6 heteroatoms. The van der Waals surface area contributed by atoms with Crippen molar-refractivity contribution in [1.29, 1.82) is 0 Å². The summed E-state index contributed by atoms with van der Waals surface area (Å²) >= 11 is 0. The van der Waals surface area contributed by atoms with E-state index in [-0.39, 0.29) is 17.6 Å². The molecule has 1 aliphatic rings. The third-order valence-corrected chi connectivity index (χ3v) is 5.25. The molecule has 1 saturated heterocycles. The highest BCUT2D eigenvalue weighted by Gasteiger charge is 2.26. The Hall–Kier alpha value is -2.86. The lowest BCUT2D eigenvalue weighted by atomic mass is 10.0. The summed E-state index contributed by atoms with van der Waals surface area (Å²) in [4.78, 5) is 29.9. The zero-order chi connectivity index (χ0) is 18.8. The number of rotatable bonds is 4. The van der Waals surface area contributed by atoms with Crippen molar-refractivity contribution in [3.8, 4) is 0 Å². The number of likely N-dealkylation sites (tertiary alicyclic amines) is 1. The number of carbonyl (C=O) groups excluding carboxylic acids is 1. The molecule has 0 bridgehead atoms. The second-order valence-corrected chi connectivity index (χ2v) is 6.97. The topological polar surface area (TPSA) is 67.3 Å². The first-order valence-corrected chi connectivity index (χ1v) is 9.24. The van der Waals surface area contributed by atoms with Gasteiger partial charge in [0.15, 0.2) is 0 Å². The first-order chi connectivity index (χ1) is 13.2. The summed E-state index contributed by atoms with van der Waals surface area (Å²) in [7, 11) is 1.66. The van der Waals surface area contributed by atoms with Crippen LogP contribution < -0.4 is 5.69 Å². The predicted molar refractivity (Wildman–Crippen MR) is 104 cm³/mol. The third-order valence-electron chi connectivity index (χ3n) is 5.25. The van der Waals surface area contributed by atoms with Crippen LogP contribution in [0, 0.1) is 0 Å². The van der Waals surface area contributed by atoms with Crippen LogP contribution in [-0.4, -0.2) is 40.6 Å². The summed E-state index contributed by atoms with van der Waals surface area (Å²) in [5, 5.41) is 0. The summed E-state index contributed by atoms with van der Waals surface area (Å²) in [5.74, 6) is 0.0451. The summed E-state index contributed by atoms with van der Waals surface area (Å²) in [6.45, 7) is 1.84. The molecule has 1 aromatic heterocycles. The standard InChI is InChI=1S/C21H23N3O3/c1-27-14-15-6-8-16(9-7-15)20(25)23-12-10-17(11-13-23)24-19-5-3-2-4-18(19)22-21(24)26/h2-9,17H,10-14H2,1H3,(H,22,26). The lowest BCUT2D eigenvalue weighted by Gasteiger charge is -2.32. The van der Waals surface area contributed by atoms with Gasteiger partial charge in [0, 0.05) is 31.8 Å². The van der Waals surface area contributed by atoms with Crippen LogP contribution in [0.25, 0.3) is 11.0 Å². The molecule has 0 aliphatic carbocycles. The number of fused-ring (bicyclic) bond motifs is 1. The minimum absolute atomic E-state index is 0.0451. The van der Waals surface area contributed by atoms with E-state index in [2.05, 4.69) is 4.98 Å². The number of hydrogen-bond donors (Lipinski definition) is 1. The molecule has 0 spiro atoms. The second kappa shape index (κ2) is 7.40. The number of carbonyl (C=O) groups is 1. The molecule has 2 aromatic carbocycles. The SMILES string of the molecule is COCc1ccc(C(=O)N2CCC(n3c(=O)[nH]c4ccccc43)CC2)cc1. The maximum Gasteiger partial charge on any atom is 0.326 e. The monoisotopic (exact) mass is 365 g/mol. The van der Waals surface area contributed by atoms with Crippen LogP contribution in [0.3, 0.4) is 0 Å². The number of imidazole rings is 1. The largest absolute Gasteiger partial charge is 0.380 e. The van der Waals surface area contributed by atoms with E-state index in [4.69, 9.17) is 4.74 Å². The van der Waals surface area contributed by atoms with Crippen LogP contribution in [0.15, 0.2) is 53.3 Å². The van der Waals surface area contributed by atoms with Gasteiger partial charge in [-0.1, -0.05) is 24.3 Å². The van der Waals surface area contributed by atoms with Crippen molar-refractivity contribution in [3.05, 3.63) is 70.1 Å². The molecule has 140 valence electrons. The Labute approximate surface area is 157 Å². The Bertz CT molecular complexity index is 995. The van der Waals surface area contributed by atoms with Gasteiger partial charge in [-0.25, -0.2) is 4.79 Å². The lowest BCUT2D eigenvalue weighted by molar-refractivity contribution is 0.0695. The van der Waals surface area contributed by atoms with Crippen LogP contribution in [0.2, 0.25) is 0 Å². The van der Waals surface area contributed by atoms with E-state index in [1.54, 1.807) is 7.11 Å².